The van der Waals surface area contributed by atoms with Crippen LogP contribution < -0.4 is 15.2 Å². The monoisotopic (exact) mass is 239 g/mol. The maximum absolute atomic E-state index is 8.63. The van der Waals surface area contributed by atoms with Crippen molar-refractivity contribution >= 4 is 5.69 Å². The summed E-state index contributed by atoms with van der Waals surface area (Å²) in [6, 6.07) is 5.40. The molecule has 1 aromatic carbocycles. The van der Waals surface area contributed by atoms with Gasteiger partial charge in [-0.15, -0.1) is 0 Å². The van der Waals surface area contributed by atoms with Gasteiger partial charge >= 0.3 is 0 Å². The van der Waals surface area contributed by atoms with Crippen LogP contribution >= 0.6 is 0 Å². The van der Waals surface area contributed by atoms with Crippen LogP contribution in [0.1, 0.15) is 25.7 Å². The Morgan fingerprint density at radius 2 is 1.94 bits per heavy atom. The zero-order valence-electron chi connectivity index (χ0n) is 10.3. The quantitative estimate of drug-likeness (QED) is 0.539. The molecule has 1 rings (SSSR count). The number of nitrogen functional groups attached to an aromatic ring is 1. The lowest BCUT2D eigenvalue weighted by atomic mass is 10.2. The normalized spacial score (nSPS) is 10.2. The molecule has 3 N–H and O–H groups in total. The molecule has 0 spiro atoms. The highest BCUT2D eigenvalue weighted by atomic mass is 16.5. The van der Waals surface area contributed by atoms with Crippen LogP contribution in [0.2, 0.25) is 0 Å². The molecule has 96 valence electrons. The first-order valence-electron chi connectivity index (χ1n) is 5.95. The second-order valence-electron chi connectivity index (χ2n) is 3.89. The van der Waals surface area contributed by atoms with Crippen molar-refractivity contribution in [3.8, 4) is 11.5 Å². The molecule has 0 heterocycles. The van der Waals surface area contributed by atoms with Gasteiger partial charge in [-0.25, -0.2) is 0 Å². The van der Waals surface area contributed by atoms with Gasteiger partial charge in [-0.1, -0.05) is 6.42 Å². The van der Waals surface area contributed by atoms with Crippen molar-refractivity contribution in [2.45, 2.75) is 25.7 Å². The van der Waals surface area contributed by atoms with Crippen molar-refractivity contribution in [1.29, 1.82) is 0 Å². The number of hydrogen-bond donors (Lipinski definition) is 2. The van der Waals surface area contributed by atoms with Gasteiger partial charge in [-0.2, -0.15) is 0 Å². The van der Waals surface area contributed by atoms with Crippen molar-refractivity contribution in [3.05, 3.63) is 18.2 Å². The van der Waals surface area contributed by atoms with Gasteiger partial charge < -0.3 is 20.3 Å². The van der Waals surface area contributed by atoms with Gasteiger partial charge in [0.25, 0.3) is 0 Å². The van der Waals surface area contributed by atoms with Gasteiger partial charge in [-0.05, 0) is 31.4 Å². The molecule has 0 amide bonds. The largest absolute Gasteiger partial charge is 0.497 e. The van der Waals surface area contributed by atoms with Crippen LogP contribution in [0.5, 0.6) is 11.5 Å². The van der Waals surface area contributed by atoms with Crippen molar-refractivity contribution < 1.29 is 14.6 Å². The van der Waals surface area contributed by atoms with E-state index >= 15 is 0 Å². The van der Waals surface area contributed by atoms with Gasteiger partial charge in [0, 0.05) is 12.7 Å². The molecule has 17 heavy (non-hydrogen) atoms. The summed E-state index contributed by atoms with van der Waals surface area (Å²) in [7, 11) is 1.61. The lowest BCUT2D eigenvalue weighted by Gasteiger charge is -2.09. The first kappa shape index (κ1) is 13.6. The minimum absolute atomic E-state index is 0.270. The minimum Gasteiger partial charge on any atom is -0.497 e. The first-order chi connectivity index (χ1) is 8.27. The summed E-state index contributed by atoms with van der Waals surface area (Å²) >= 11 is 0. The Kier molecular flexibility index (Phi) is 6.25. The zero-order chi connectivity index (χ0) is 12.5. The van der Waals surface area contributed by atoms with Crippen molar-refractivity contribution in [2.24, 2.45) is 0 Å². The summed E-state index contributed by atoms with van der Waals surface area (Å²) < 4.78 is 10.6. The molecule has 0 fully saturated rings. The summed E-state index contributed by atoms with van der Waals surface area (Å²) in [5, 5.41) is 8.63. The van der Waals surface area contributed by atoms with Crippen LogP contribution in [0.4, 0.5) is 5.69 Å². The van der Waals surface area contributed by atoms with Gasteiger partial charge in [0.05, 0.1) is 19.4 Å². The predicted molar refractivity (Wildman–Crippen MR) is 68.5 cm³/mol. The topological polar surface area (TPSA) is 64.7 Å². The first-order valence-corrected chi connectivity index (χ1v) is 5.95. The van der Waals surface area contributed by atoms with E-state index in [1.165, 1.54) is 0 Å². The van der Waals surface area contributed by atoms with Crippen LogP contribution in [-0.4, -0.2) is 25.4 Å². The molecular weight excluding hydrogens is 218 g/mol. The summed E-state index contributed by atoms with van der Waals surface area (Å²) in [6.07, 6.45) is 3.95. The molecule has 0 aliphatic heterocycles. The molecule has 0 unspecified atom stereocenters. The number of ether oxygens (including phenoxy) is 2. The molecule has 4 nitrogen and oxygen atoms in total. The molecule has 0 aliphatic carbocycles. The SMILES string of the molecule is COc1ccc(OCCCCCCO)c(N)c1. The summed E-state index contributed by atoms with van der Waals surface area (Å²) in [5.74, 6) is 1.44. The van der Waals surface area contributed by atoms with E-state index in [2.05, 4.69) is 0 Å². The molecule has 0 saturated heterocycles. The van der Waals surface area contributed by atoms with E-state index < -0.39 is 0 Å². The standard InChI is InChI=1S/C13H21NO3/c1-16-11-6-7-13(12(14)10-11)17-9-5-3-2-4-8-15/h6-7,10,15H,2-5,8-9,14H2,1H3. The second-order valence-corrected chi connectivity index (χ2v) is 3.89. The molecular formula is C13H21NO3. The number of hydrogen-bond acceptors (Lipinski definition) is 4. The van der Waals surface area contributed by atoms with Gasteiger partial charge in [0.15, 0.2) is 0 Å². The summed E-state index contributed by atoms with van der Waals surface area (Å²) in [5.41, 5.74) is 6.42. The van der Waals surface area contributed by atoms with E-state index in [1.807, 2.05) is 12.1 Å². The third-order valence-corrected chi connectivity index (χ3v) is 2.53. The molecule has 0 aliphatic rings. The highest BCUT2D eigenvalue weighted by Gasteiger charge is 2.01. The third kappa shape index (κ3) is 4.95. The minimum atomic E-state index is 0.270. The van der Waals surface area contributed by atoms with Crippen LogP contribution in [0.15, 0.2) is 18.2 Å². The Hall–Kier alpha value is -1.42. The number of unbranched alkanes of at least 4 members (excludes halogenated alkanes) is 3. The van der Waals surface area contributed by atoms with Crippen molar-refractivity contribution in [2.75, 3.05) is 26.1 Å². The summed E-state index contributed by atoms with van der Waals surface area (Å²) in [4.78, 5) is 0. The molecule has 4 heteroatoms. The van der Waals surface area contributed by atoms with Crippen molar-refractivity contribution in [1.82, 2.24) is 0 Å². The number of aliphatic hydroxyl groups is 1. The number of aliphatic hydroxyl groups excluding tert-OH is 1. The summed E-state index contributed by atoms with van der Waals surface area (Å²) in [6.45, 7) is 0.925. The Balaban J connectivity index is 2.27. The molecule has 0 saturated carbocycles. The lowest BCUT2D eigenvalue weighted by Crippen LogP contribution is -2.00. The van der Waals surface area contributed by atoms with E-state index in [9.17, 15) is 0 Å². The van der Waals surface area contributed by atoms with E-state index in [4.69, 9.17) is 20.3 Å². The fraction of sp³-hybridized carbons (Fsp3) is 0.538. The van der Waals surface area contributed by atoms with Crippen LogP contribution in [0.3, 0.4) is 0 Å². The zero-order valence-corrected chi connectivity index (χ0v) is 10.3. The third-order valence-electron chi connectivity index (χ3n) is 2.53. The van der Waals surface area contributed by atoms with Crippen LogP contribution in [0, 0.1) is 0 Å². The number of rotatable bonds is 8. The van der Waals surface area contributed by atoms with Gasteiger partial charge in [0.1, 0.15) is 11.5 Å². The Bertz CT molecular complexity index is 328. The number of anilines is 1. The molecule has 0 bridgehead atoms. The molecule has 0 radical (unpaired) electrons. The van der Waals surface area contributed by atoms with Gasteiger partial charge in [0.2, 0.25) is 0 Å². The Labute approximate surface area is 102 Å². The highest BCUT2D eigenvalue weighted by molar-refractivity contribution is 5.56. The molecule has 0 aromatic heterocycles. The maximum atomic E-state index is 8.63. The van der Waals surface area contributed by atoms with E-state index in [0.717, 1.165) is 31.4 Å². The van der Waals surface area contributed by atoms with E-state index in [-0.39, 0.29) is 6.61 Å². The fourth-order valence-electron chi connectivity index (χ4n) is 1.53. The number of nitrogens with two attached hydrogens (primary N) is 1. The average molecular weight is 239 g/mol. The number of benzene rings is 1. The van der Waals surface area contributed by atoms with Crippen molar-refractivity contribution in [3.63, 3.8) is 0 Å². The van der Waals surface area contributed by atoms with Crippen LogP contribution in [0.25, 0.3) is 0 Å². The van der Waals surface area contributed by atoms with E-state index in [0.29, 0.717) is 18.0 Å². The van der Waals surface area contributed by atoms with Gasteiger partial charge in [-0.3, -0.25) is 0 Å². The van der Waals surface area contributed by atoms with Crippen LogP contribution in [-0.2, 0) is 0 Å². The Morgan fingerprint density at radius 3 is 2.59 bits per heavy atom. The lowest BCUT2D eigenvalue weighted by molar-refractivity contribution is 0.273. The fourth-order valence-corrected chi connectivity index (χ4v) is 1.53. The average Bonchev–Trinajstić information content (AvgIpc) is 2.35. The number of methoxy groups -OCH3 is 1. The molecule has 1 aromatic rings. The maximum Gasteiger partial charge on any atom is 0.142 e. The molecule has 0 atom stereocenters. The van der Waals surface area contributed by atoms with E-state index in [1.54, 1.807) is 13.2 Å². The predicted octanol–water partition coefficient (Wildman–Crippen LogP) is 2.21. The smallest absolute Gasteiger partial charge is 0.142 e. The Morgan fingerprint density at radius 1 is 1.18 bits per heavy atom. The second kappa shape index (κ2) is 7.79. The highest BCUT2D eigenvalue weighted by Crippen LogP contribution is 2.26.